The minimum Gasteiger partial charge on any atom is -0.478 e. The largest absolute Gasteiger partial charge is 0.478 e. The number of carboxylic acid groups (broad SMARTS) is 1. The molecule has 2 rings (SSSR count). The molecule has 6 heteroatoms. The number of furan rings is 1. The van der Waals surface area contributed by atoms with Gasteiger partial charge in [-0.3, -0.25) is 4.79 Å². The number of rotatable bonds is 5. The van der Waals surface area contributed by atoms with E-state index in [-0.39, 0.29) is 17.9 Å². The van der Waals surface area contributed by atoms with Gasteiger partial charge in [0.15, 0.2) is 0 Å². The van der Waals surface area contributed by atoms with Gasteiger partial charge in [0.1, 0.15) is 5.76 Å². The van der Waals surface area contributed by atoms with Gasteiger partial charge in [-0.25, -0.2) is 4.79 Å². The van der Waals surface area contributed by atoms with E-state index in [0.717, 1.165) is 5.76 Å². The third-order valence-corrected chi connectivity index (χ3v) is 3.35. The smallest absolute Gasteiger partial charge is 0.336 e. The Kier molecular flexibility index (Phi) is 4.57. The summed E-state index contributed by atoms with van der Waals surface area (Å²) in [6.45, 7) is 0. The zero-order valence-corrected chi connectivity index (χ0v) is 12.0. The number of carbonyl (C=O) groups is 2. The lowest BCUT2D eigenvalue weighted by Crippen LogP contribution is -2.12. The van der Waals surface area contributed by atoms with E-state index in [2.05, 4.69) is 21.2 Å². The van der Waals surface area contributed by atoms with Crippen LogP contribution in [0.15, 0.2) is 45.5 Å². The van der Waals surface area contributed by atoms with Crippen molar-refractivity contribution >= 4 is 33.5 Å². The van der Waals surface area contributed by atoms with Crippen LogP contribution < -0.4 is 5.32 Å². The van der Waals surface area contributed by atoms with Crippen LogP contribution in [0.4, 0.5) is 5.69 Å². The van der Waals surface area contributed by atoms with Crippen LogP contribution in [0.25, 0.3) is 0 Å². The summed E-state index contributed by atoms with van der Waals surface area (Å²) in [6, 6.07) is 8.21. The molecule has 2 aromatic rings. The van der Waals surface area contributed by atoms with Crippen molar-refractivity contribution in [2.45, 2.75) is 12.8 Å². The van der Waals surface area contributed by atoms with Crippen molar-refractivity contribution in [3.8, 4) is 0 Å². The topological polar surface area (TPSA) is 79.5 Å². The quantitative estimate of drug-likeness (QED) is 0.877. The number of anilines is 1. The molecule has 0 aliphatic carbocycles. The molecular formula is C14H12BrNO4. The van der Waals surface area contributed by atoms with E-state index >= 15 is 0 Å². The molecule has 20 heavy (non-hydrogen) atoms. The summed E-state index contributed by atoms with van der Waals surface area (Å²) in [5.41, 5.74) is 0.559. The van der Waals surface area contributed by atoms with Gasteiger partial charge in [0.2, 0.25) is 5.91 Å². The number of hydrogen-bond acceptors (Lipinski definition) is 3. The molecule has 0 bridgehead atoms. The fourth-order valence-electron chi connectivity index (χ4n) is 1.68. The Bertz CT molecular complexity index is 622. The second kappa shape index (κ2) is 6.38. The van der Waals surface area contributed by atoms with Crippen LogP contribution >= 0.6 is 15.9 Å². The maximum atomic E-state index is 11.8. The molecule has 0 unspecified atom stereocenters. The fraction of sp³-hybridized carbons (Fsp3) is 0.143. The maximum absolute atomic E-state index is 11.8. The van der Waals surface area contributed by atoms with Gasteiger partial charge < -0.3 is 14.8 Å². The van der Waals surface area contributed by atoms with Crippen LogP contribution in [0.1, 0.15) is 22.5 Å². The zero-order chi connectivity index (χ0) is 14.5. The first-order valence-electron chi connectivity index (χ1n) is 5.91. The molecule has 0 saturated heterocycles. The van der Waals surface area contributed by atoms with Crippen LogP contribution in [0, 0.1) is 0 Å². The molecule has 1 heterocycles. The second-order valence-corrected chi connectivity index (χ2v) is 4.98. The number of halogens is 1. The van der Waals surface area contributed by atoms with Crippen LogP contribution in [0.3, 0.4) is 0 Å². The van der Waals surface area contributed by atoms with Crippen LogP contribution in [-0.2, 0) is 11.2 Å². The minimum atomic E-state index is -1.05. The van der Waals surface area contributed by atoms with Crippen molar-refractivity contribution in [1.29, 1.82) is 0 Å². The molecule has 0 aliphatic heterocycles. The van der Waals surface area contributed by atoms with Crippen molar-refractivity contribution in [3.63, 3.8) is 0 Å². The average Bonchev–Trinajstić information content (AvgIpc) is 2.91. The number of carbonyl (C=O) groups excluding carboxylic acids is 1. The Morgan fingerprint density at radius 2 is 2.10 bits per heavy atom. The van der Waals surface area contributed by atoms with E-state index in [0.29, 0.717) is 16.6 Å². The lowest BCUT2D eigenvalue weighted by molar-refractivity contribution is -0.116. The number of aryl methyl sites for hydroxylation is 1. The first kappa shape index (κ1) is 14.3. The van der Waals surface area contributed by atoms with Gasteiger partial charge in [-0.05, 0) is 46.3 Å². The van der Waals surface area contributed by atoms with Gasteiger partial charge in [0.05, 0.1) is 11.8 Å². The summed E-state index contributed by atoms with van der Waals surface area (Å²) in [4.78, 5) is 22.7. The Morgan fingerprint density at radius 3 is 2.75 bits per heavy atom. The number of benzene rings is 1. The highest BCUT2D eigenvalue weighted by Crippen LogP contribution is 2.21. The molecule has 104 valence electrons. The van der Waals surface area contributed by atoms with Crippen LogP contribution in [0.2, 0.25) is 0 Å². The summed E-state index contributed by atoms with van der Waals surface area (Å²) < 4.78 is 5.61. The van der Waals surface area contributed by atoms with Crippen LogP contribution in [-0.4, -0.2) is 17.0 Å². The molecule has 1 amide bonds. The first-order valence-corrected chi connectivity index (χ1v) is 6.70. The third-order valence-electron chi connectivity index (χ3n) is 2.66. The lowest BCUT2D eigenvalue weighted by atomic mass is 10.2. The summed E-state index contributed by atoms with van der Waals surface area (Å²) in [5.74, 6) is -0.509. The number of amides is 1. The van der Waals surface area contributed by atoms with E-state index in [1.165, 1.54) is 6.07 Å². The zero-order valence-electron chi connectivity index (χ0n) is 10.4. The summed E-state index contributed by atoms with van der Waals surface area (Å²) >= 11 is 3.15. The van der Waals surface area contributed by atoms with Crippen molar-refractivity contribution in [2.24, 2.45) is 0 Å². The van der Waals surface area contributed by atoms with Crippen molar-refractivity contribution < 1.29 is 19.1 Å². The Hall–Kier alpha value is -2.08. The minimum absolute atomic E-state index is 0.105. The maximum Gasteiger partial charge on any atom is 0.336 e. The van der Waals surface area contributed by atoms with Gasteiger partial charge in [0, 0.05) is 23.0 Å². The standard InChI is InChI=1S/C14H12BrNO4/c15-12-5-3-9(8-11(12)14(18)19)16-13(17)6-4-10-2-1-7-20-10/h1-3,5,7-8H,4,6H2,(H,16,17)(H,18,19). The molecule has 1 aromatic carbocycles. The summed E-state index contributed by atoms with van der Waals surface area (Å²) in [7, 11) is 0. The molecule has 1 aromatic heterocycles. The SMILES string of the molecule is O=C(CCc1ccco1)Nc1ccc(Br)c(C(=O)O)c1. The molecule has 0 spiro atoms. The highest BCUT2D eigenvalue weighted by Gasteiger charge is 2.11. The van der Waals surface area contributed by atoms with E-state index in [4.69, 9.17) is 9.52 Å². The molecular weight excluding hydrogens is 326 g/mol. The number of nitrogens with one attached hydrogen (secondary N) is 1. The number of carboxylic acids is 1. The first-order chi connectivity index (χ1) is 9.56. The van der Waals surface area contributed by atoms with E-state index in [1.54, 1.807) is 30.5 Å². The van der Waals surface area contributed by atoms with Crippen molar-refractivity contribution in [3.05, 3.63) is 52.4 Å². The third kappa shape index (κ3) is 3.71. The van der Waals surface area contributed by atoms with Gasteiger partial charge in [-0.15, -0.1) is 0 Å². The highest BCUT2D eigenvalue weighted by atomic mass is 79.9. The molecule has 0 saturated carbocycles. The number of aromatic carboxylic acids is 1. The number of hydrogen-bond donors (Lipinski definition) is 2. The molecule has 0 fully saturated rings. The Labute approximate surface area is 123 Å². The Morgan fingerprint density at radius 1 is 1.30 bits per heavy atom. The van der Waals surface area contributed by atoms with Crippen molar-refractivity contribution in [1.82, 2.24) is 0 Å². The summed E-state index contributed by atoms with van der Waals surface area (Å²) in [6.07, 6.45) is 2.33. The van der Waals surface area contributed by atoms with E-state index in [1.807, 2.05) is 0 Å². The van der Waals surface area contributed by atoms with Gasteiger partial charge in [0.25, 0.3) is 0 Å². The molecule has 0 atom stereocenters. The van der Waals surface area contributed by atoms with Gasteiger partial charge in [-0.1, -0.05) is 0 Å². The fourth-order valence-corrected chi connectivity index (χ4v) is 2.10. The predicted octanol–water partition coefficient (Wildman–Crippen LogP) is 3.31. The second-order valence-electron chi connectivity index (χ2n) is 4.13. The van der Waals surface area contributed by atoms with Crippen molar-refractivity contribution in [2.75, 3.05) is 5.32 Å². The molecule has 0 radical (unpaired) electrons. The molecule has 2 N–H and O–H groups in total. The van der Waals surface area contributed by atoms with E-state index in [9.17, 15) is 9.59 Å². The van der Waals surface area contributed by atoms with Gasteiger partial charge in [-0.2, -0.15) is 0 Å². The van der Waals surface area contributed by atoms with Crippen LogP contribution in [0.5, 0.6) is 0 Å². The normalized spacial score (nSPS) is 10.2. The van der Waals surface area contributed by atoms with E-state index < -0.39 is 5.97 Å². The predicted molar refractivity (Wildman–Crippen MR) is 76.8 cm³/mol. The Balaban J connectivity index is 1.97. The summed E-state index contributed by atoms with van der Waals surface area (Å²) in [5, 5.41) is 11.7. The average molecular weight is 338 g/mol. The van der Waals surface area contributed by atoms with Gasteiger partial charge >= 0.3 is 5.97 Å². The monoisotopic (exact) mass is 337 g/mol. The molecule has 0 aliphatic rings. The highest BCUT2D eigenvalue weighted by molar-refractivity contribution is 9.10. The molecule has 5 nitrogen and oxygen atoms in total. The lowest BCUT2D eigenvalue weighted by Gasteiger charge is -2.06.